The maximum Gasteiger partial charge on any atom is 0.283 e. The van der Waals surface area contributed by atoms with E-state index in [1.807, 2.05) is 6.20 Å². The highest BCUT2D eigenvalue weighted by Crippen LogP contribution is 2.30. The lowest BCUT2D eigenvalue weighted by Gasteiger charge is -2.27. The Hall–Kier alpha value is -0.880. The minimum atomic E-state index is -0.00256. The highest BCUT2D eigenvalue weighted by molar-refractivity contribution is 9.10. The number of anilines is 1. The van der Waals surface area contributed by atoms with Gasteiger partial charge in [-0.25, -0.2) is 4.68 Å². The van der Waals surface area contributed by atoms with E-state index in [0.29, 0.717) is 16.4 Å². The number of nitrogens with one attached hydrogen (secondary N) is 1. The van der Waals surface area contributed by atoms with Crippen LogP contribution in [0.2, 0.25) is 0 Å². The molecule has 2 heterocycles. The summed E-state index contributed by atoms with van der Waals surface area (Å²) in [5, 5.41) is 7.88. The first-order chi connectivity index (χ1) is 10.2. The number of hydrogen-bond donors (Lipinski definition) is 1. The third-order valence-electron chi connectivity index (χ3n) is 4.42. The molecule has 1 N–H and O–H groups in total. The molecule has 5 nitrogen and oxygen atoms in total. The first-order valence-corrected chi connectivity index (χ1v) is 8.72. The molecule has 0 bridgehead atoms. The van der Waals surface area contributed by atoms with E-state index >= 15 is 0 Å². The molecule has 2 aliphatic rings. The lowest BCUT2D eigenvalue weighted by atomic mass is 10.2. The largest absolute Gasteiger partial charge is 0.368 e. The van der Waals surface area contributed by atoms with Crippen molar-refractivity contribution in [3.63, 3.8) is 0 Å². The minimum Gasteiger partial charge on any atom is -0.368 e. The van der Waals surface area contributed by atoms with Crippen molar-refractivity contribution in [2.45, 2.75) is 45.2 Å². The molecule has 3 rings (SSSR count). The second-order valence-electron chi connectivity index (χ2n) is 6.11. The Kier molecular flexibility index (Phi) is 4.64. The van der Waals surface area contributed by atoms with Crippen molar-refractivity contribution in [3.05, 3.63) is 21.0 Å². The van der Waals surface area contributed by atoms with Gasteiger partial charge in [0.25, 0.3) is 5.56 Å². The maximum atomic E-state index is 12.4. The normalized spacial score (nSPS) is 21.7. The number of rotatable bonds is 6. The quantitative estimate of drug-likeness (QED) is 0.848. The Morgan fingerprint density at radius 2 is 2.29 bits per heavy atom. The highest BCUT2D eigenvalue weighted by atomic mass is 79.9. The monoisotopic (exact) mass is 354 g/mol. The summed E-state index contributed by atoms with van der Waals surface area (Å²) in [5.41, 5.74) is 0.917. The molecule has 1 atom stereocenters. The smallest absolute Gasteiger partial charge is 0.283 e. The van der Waals surface area contributed by atoms with E-state index in [0.717, 1.165) is 31.9 Å². The molecule has 6 heteroatoms. The van der Waals surface area contributed by atoms with Crippen LogP contribution in [-0.2, 0) is 6.54 Å². The Labute approximate surface area is 133 Å². The van der Waals surface area contributed by atoms with Crippen molar-refractivity contribution in [3.8, 4) is 0 Å². The van der Waals surface area contributed by atoms with E-state index in [2.05, 4.69) is 38.2 Å². The molecule has 1 unspecified atom stereocenters. The Morgan fingerprint density at radius 1 is 1.48 bits per heavy atom. The van der Waals surface area contributed by atoms with Crippen LogP contribution in [-0.4, -0.2) is 35.5 Å². The lowest BCUT2D eigenvalue weighted by Crippen LogP contribution is -2.39. The fourth-order valence-electron chi connectivity index (χ4n) is 2.93. The van der Waals surface area contributed by atoms with Gasteiger partial charge in [0.1, 0.15) is 4.47 Å². The second-order valence-corrected chi connectivity index (χ2v) is 6.90. The molecule has 0 amide bonds. The van der Waals surface area contributed by atoms with Crippen LogP contribution in [0.4, 0.5) is 5.69 Å². The number of nitrogens with zero attached hydrogens (tertiary/aromatic N) is 3. The van der Waals surface area contributed by atoms with Crippen LogP contribution in [0.1, 0.15) is 32.6 Å². The van der Waals surface area contributed by atoms with E-state index in [-0.39, 0.29) is 5.56 Å². The van der Waals surface area contributed by atoms with Gasteiger partial charge in [-0.05, 0) is 61.0 Å². The zero-order valence-electron chi connectivity index (χ0n) is 12.5. The standard InChI is InChI=1S/C15H23BrN4O/c1-2-19(10-12-4-3-7-17-12)13-8-18-20(9-11-5-6-11)15(21)14(13)16/h8,11-12,17H,2-7,9-10H2,1H3. The zero-order valence-corrected chi connectivity index (χ0v) is 14.1. The van der Waals surface area contributed by atoms with E-state index < -0.39 is 0 Å². The van der Waals surface area contributed by atoms with Crippen LogP contribution in [0.15, 0.2) is 15.5 Å². The van der Waals surface area contributed by atoms with Gasteiger partial charge in [-0.3, -0.25) is 4.79 Å². The molecule has 1 aromatic rings. The highest BCUT2D eigenvalue weighted by Gasteiger charge is 2.24. The molecule has 1 saturated heterocycles. The summed E-state index contributed by atoms with van der Waals surface area (Å²) in [6, 6.07) is 0.519. The molecule has 1 aliphatic carbocycles. The van der Waals surface area contributed by atoms with Gasteiger partial charge in [-0.2, -0.15) is 5.10 Å². The van der Waals surface area contributed by atoms with E-state index in [9.17, 15) is 4.79 Å². The van der Waals surface area contributed by atoms with Crippen LogP contribution in [0.25, 0.3) is 0 Å². The summed E-state index contributed by atoms with van der Waals surface area (Å²) in [6.45, 7) is 5.79. The van der Waals surface area contributed by atoms with E-state index in [4.69, 9.17) is 0 Å². The van der Waals surface area contributed by atoms with Gasteiger partial charge in [-0.15, -0.1) is 0 Å². The van der Waals surface area contributed by atoms with Crippen LogP contribution in [0.3, 0.4) is 0 Å². The molecular weight excluding hydrogens is 332 g/mol. The fraction of sp³-hybridized carbons (Fsp3) is 0.733. The fourth-order valence-corrected chi connectivity index (χ4v) is 3.49. The van der Waals surface area contributed by atoms with Crippen LogP contribution in [0, 0.1) is 5.92 Å². The molecule has 21 heavy (non-hydrogen) atoms. The van der Waals surface area contributed by atoms with Crippen molar-refractivity contribution in [1.29, 1.82) is 0 Å². The number of hydrogen-bond acceptors (Lipinski definition) is 4. The Morgan fingerprint density at radius 3 is 2.90 bits per heavy atom. The lowest BCUT2D eigenvalue weighted by molar-refractivity contribution is 0.528. The number of likely N-dealkylation sites (N-methyl/N-ethyl adjacent to an activating group) is 1. The average Bonchev–Trinajstić information content (AvgIpc) is 3.15. The van der Waals surface area contributed by atoms with Crippen molar-refractivity contribution in [2.75, 3.05) is 24.5 Å². The van der Waals surface area contributed by atoms with Crippen molar-refractivity contribution < 1.29 is 0 Å². The predicted molar refractivity (Wildman–Crippen MR) is 87.8 cm³/mol. The Bertz CT molecular complexity index is 549. The topological polar surface area (TPSA) is 50.2 Å². The third kappa shape index (κ3) is 3.48. The van der Waals surface area contributed by atoms with Gasteiger partial charge >= 0.3 is 0 Å². The molecule has 1 saturated carbocycles. The Balaban J connectivity index is 1.78. The summed E-state index contributed by atoms with van der Waals surface area (Å²) in [4.78, 5) is 14.7. The van der Waals surface area contributed by atoms with Crippen molar-refractivity contribution in [1.82, 2.24) is 15.1 Å². The summed E-state index contributed by atoms with van der Waals surface area (Å²) < 4.78 is 2.25. The summed E-state index contributed by atoms with van der Waals surface area (Å²) in [6.07, 6.45) is 6.74. The van der Waals surface area contributed by atoms with Gasteiger partial charge < -0.3 is 10.2 Å². The molecule has 0 aromatic carbocycles. The van der Waals surface area contributed by atoms with Crippen LogP contribution >= 0.6 is 15.9 Å². The number of aromatic nitrogens is 2. The molecule has 2 fully saturated rings. The molecule has 1 aromatic heterocycles. The molecule has 0 spiro atoms. The molecule has 0 radical (unpaired) electrons. The van der Waals surface area contributed by atoms with Crippen LogP contribution in [0.5, 0.6) is 0 Å². The van der Waals surface area contributed by atoms with Crippen molar-refractivity contribution in [2.24, 2.45) is 5.92 Å². The number of halogens is 1. The van der Waals surface area contributed by atoms with Gasteiger partial charge in [0.05, 0.1) is 11.9 Å². The second kappa shape index (κ2) is 6.48. The summed E-state index contributed by atoms with van der Waals surface area (Å²) >= 11 is 3.50. The molecule has 116 valence electrons. The molecule has 1 aliphatic heterocycles. The van der Waals surface area contributed by atoms with Gasteiger partial charge in [0.15, 0.2) is 0 Å². The third-order valence-corrected chi connectivity index (χ3v) is 5.17. The first-order valence-electron chi connectivity index (χ1n) is 7.93. The molecular formula is C15H23BrN4O. The first kappa shape index (κ1) is 15.0. The minimum absolute atomic E-state index is 0.00256. The predicted octanol–water partition coefficient (Wildman–Crippen LogP) is 1.99. The SMILES string of the molecule is CCN(CC1CCCN1)c1cnn(CC2CC2)c(=O)c1Br. The van der Waals surface area contributed by atoms with Gasteiger partial charge in [0, 0.05) is 25.7 Å². The van der Waals surface area contributed by atoms with Crippen molar-refractivity contribution >= 4 is 21.6 Å². The zero-order chi connectivity index (χ0) is 14.8. The summed E-state index contributed by atoms with van der Waals surface area (Å²) in [5.74, 6) is 0.651. The average molecular weight is 355 g/mol. The van der Waals surface area contributed by atoms with Gasteiger partial charge in [-0.1, -0.05) is 0 Å². The van der Waals surface area contributed by atoms with Gasteiger partial charge in [0.2, 0.25) is 0 Å². The van der Waals surface area contributed by atoms with E-state index in [1.54, 1.807) is 4.68 Å². The maximum absolute atomic E-state index is 12.4. The van der Waals surface area contributed by atoms with E-state index in [1.165, 1.54) is 25.7 Å². The summed E-state index contributed by atoms with van der Waals surface area (Å²) in [7, 11) is 0. The van der Waals surface area contributed by atoms with Crippen LogP contribution < -0.4 is 15.8 Å².